The van der Waals surface area contributed by atoms with E-state index in [1.165, 1.54) is 7.11 Å². The van der Waals surface area contributed by atoms with Crippen LogP contribution < -0.4 is 15.8 Å². The van der Waals surface area contributed by atoms with Crippen molar-refractivity contribution < 1.29 is 14.3 Å². The first-order valence-corrected chi connectivity index (χ1v) is 8.48. The van der Waals surface area contributed by atoms with Gasteiger partial charge in [0.2, 0.25) is 5.88 Å². The van der Waals surface area contributed by atoms with E-state index in [9.17, 15) is 4.79 Å². The molecule has 140 valence electrons. The number of hydrogen-bond donors (Lipinski definition) is 2. The van der Waals surface area contributed by atoms with Crippen molar-refractivity contribution in [3.63, 3.8) is 0 Å². The maximum absolute atomic E-state index is 11.3. The minimum absolute atomic E-state index is 0.395. The summed E-state index contributed by atoms with van der Waals surface area (Å²) in [5.74, 6) is 1.43. The number of carbonyl (C=O) groups excluding carboxylic acids is 1. The van der Waals surface area contributed by atoms with Crippen LogP contribution in [0.1, 0.15) is 27.2 Å². The molecule has 2 aromatic rings. The van der Waals surface area contributed by atoms with E-state index < -0.39 is 11.6 Å². The van der Waals surface area contributed by atoms with Crippen molar-refractivity contribution in [1.29, 1.82) is 0 Å². The largest absolute Gasteiger partial charge is 0.476 e. The zero-order valence-electron chi connectivity index (χ0n) is 15.7. The van der Waals surface area contributed by atoms with Gasteiger partial charge >= 0.3 is 6.09 Å². The Morgan fingerprint density at radius 1 is 1.27 bits per heavy atom. The average molecular weight is 358 g/mol. The summed E-state index contributed by atoms with van der Waals surface area (Å²) >= 11 is 0. The Morgan fingerprint density at radius 3 is 2.65 bits per heavy atom. The van der Waals surface area contributed by atoms with Gasteiger partial charge in [-0.1, -0.05) is 13.8 Å². The highest BCUT2D eigenvalue weighted by atomic mass is 16.5. The zero-order chi connectivity index (χ0) is 19.2. The number of rotatable bonds is 7. The molecule has 0 radical (unpaired) electrons. The van der Waals surface area contributed by atoms with E-state index in [2.05, 4.69) is 33.9 Å². The Kier molecular flexibility index (Phi) is 6.52. The van der Waals surface area contributed by atoms with Crippen LogP contribution in [-0.4, -0.2) is 35.3 Å². The SMILES string of the molecule is COC(=O)Nc1cc(-c2ccc(OC[C@@](C)(N)CC(C)C)nc2)ccn1. The first-order chi connectivity index (χ1) is 12.3. The summed E-state index contributed by atoms with van der Waals surface area (Å²) < 4.78 is 10.3. The minimum atomic E-state index is -0.567. The van der Waals surface area contributed by atoms with E-state index in [-0.39, 0.29) is 0 Å². The van der Waals surface area contributed by atoms with Gasteiger partial charge in [-0.25, -0.2) is 14.8 Å². The molecule has 2 aromatic heterocycles. The predicted octanol–water partition coefficient (Wildman–Crippen LogP) is 3.46. The number of amides is 1. The summed E-state index contributed by atoms with van der Waals surface area (Å²) in [6.45, 7) is 6.65. The topological polar surface area (TPSA) is 99.4 Å². The van der Waals surface area contributed by atoms with Gasteiger partial charge in [0.25, 0.3) is 0 Å². The lowest BCUT2D eigenvalue weighted by atomic mass is 9.93. The molecule has 26 heavy (non-hydrogen) atoms. The number of nitrogens with two attached hydrogens (primary N) is 1. The second-order valence-corrected chi connectivity index (χ2v) is 6.97. The fourth-order valence-electron chi connectivity index (χ4n) is 2.70. The van der Waals surface area contributed by atoms with Gasteiger partial charge in [0.15, 0.2) is 0 Å². The lowest BCUT2D eigenvalue weighted by Crippen LogP contribution is -2.43. The molecule has 0 unspecified atom stereocenters. The average Bonchev–Trinajstić information content (AvgIpc) is 2.59. The molecule has 0 spiro atoms. The molecule has 0 aliphatic heterocycles. The van der Waals surface area contributed by atoms with Gasteiger partial charge < -0.3 is 15.2 Å². The number of methoxy groups -OCH3 is 1. The molecule has 7 heteroatoms. The Balaban J connectivity index is 2.03. The van der Waals surface area contributed by atoms with Gasteiger partial charge in [0.05, 0.1) is 7.11 Å². The Labute approximate surface area is 153 Å². The summed E-state index contributed by atoms with van der Waals surface area (Å²) in [5, 5.41) is 2.53. The van der Waals surface area contributed by atoms with Crippen molar-refractivity contribution in [3.05, 3.63) is 36.7 Å². The second kappa shape index (κ2) is 8.62. The van der Waals surface area contributed by atoms with Gasteiger partial charge in [-0.15, -0.1) is 0 Å². The third-order valence-electron chi connectivity index (χ3n) is 3.67. The molecule has 2 heterocycles. The molecule has 1 atom stereocenters. The fourth-order valence-corrected chi connectivity index (χ4v) is 2.70. The van der Waals surface area contributed by atoms with E-state index in [4.69, 9.17) is 10.5 Å². The van der Waals surface area contributed by atoms with Gasteiger partial charge in [-0.2, -0.15) is 0 Å². The predicted molar refractivity (Wildman–Crippen MR) is 101 cm³/mol. The van der Waals surface area contributed by atoms with Crippen LogP contribution in [0.25, 0.3) is 11.1 Å². The summed E-state index contributed by atoms with van der Waals surface area (Å²) in [5.41, 5.74) is 7.60. The molecule has 0 bridgehead atoms. The van der Waals surface area contributed by atoms with E-state index in [1.807, 2.05) is 19.1 Å². The van der Waals surface area contributed by atoms with E-state index in [0.29, 0.717) is 24.2 Å². The van der Waals surface area contributed by atoms with Crippen LogP contribution in [0.5, 0.6) is 5.88 Å². The molecular weight excluding hydrogens is 332 g/mol. The first kappa shape index (κ1) is 19.7. The molecule has 3 N–H and O–H groups in total. The van der Waals surface area contributed by atoms with Crippen LogP contribution in [0.15, 0.2) is 36.7 Å². The number of hydrogen-bond acceptors (Lipinski definition) is 6. The third-order valence-corrected chi connectivity index (χ3v) is 3.67. The van der Waals surface area contributed by atoms with Gasteiger partial charge in [-0.3, -0.25) is 5.32 Å². The fraction of sp³-hybridized carbons (Fsp3) is 0.421. The zero-order valence-corrected chi connectivity index (χ0v) is 15.7. The van der Waals surface area contributed by atoms with Crippen molar-refractivity contribution in [2.24, 2.45) is 11.7 Å². The summed E-state index contributed by atoms with van der Waals surface area (Å²) in [7, 11) is 1.30. The van der Waals surface area contributed by atoms with Gasteiger partial charge in [0, 0.05) is 29.6 Å². The normalized spacial score (nSPS) is 13.2. The number of nitrogens with zero attached hydrogens (tertiary/aromatic N) is 2. The van der Waals surface area contributed by atoms with Crippen molar-refractivity contribution in [2.75, 3.05) is 19.0 Å². The smallest absolute Gasteiger partial charge is 0.412 e. The maximum atomic E-state index is 11.3. The molecule has 0 aliphatic rings. The lowest BCUT2D eigenvalue weighted by molar-refractivity contribution is 0.187. The lowest BCUT2D eigenvalue weighted by Gasteiger charge is -2.26. The summed E-state index contributed by atoms with van der Waals surface area (Å²) in [6, 6.07) is 7.28. The van der Waals surface area contributed by atoms with Crippen molar-refractivity contribution >= 4 is 11.9 Å². The molecule has 2 rings (SSSR count). The quantitative estimate of drug-likeness (QED) is 0.786. The highest BCUT2D eigenvalue weighted by Gasteiger charge is 2.21. The van der Waals surface area contributed by atoms with Crippen LogP contribution in [-0.2, 0) is 4.74 Å². The van der Waals surface area contributed by atoms with E-state index in [1.54, 1.807) is 24.5 Å². The van der Waals surface area contributed by atoms with Crippen LogP contribution in [0.4, 0.5) is 10.6 Å². The van der Waals surface area contributed by atoms with Crippen LogP contribution in [0.3, 0.4) is 0 Å². The van der Waals surface area contributed by atoms with Crippen molar-refractivity contribution in [1.82, 2.24) is 9.97 Å². The van der Waals surface area contributed by atoms with Crippen molar-refractivity contribution in [2.45, 2.75) is 32.7 Å². The standard InChI is InChI=1S/C19H26N4O3/c1-13(2)10-19(3,20)12-26-17-6-5-15(11-22-17)14-7-8-21-16(9-14)23-18(24)25-4/h5-9,11,13H,10,12,20H2,1-4H3,(H,21,23,24)/t19-/m0/s1. The monoisotopic (exact) mass is 358 g/mol. The highest BCUT2D eigenvalue weighted by Crippen LogP contribution is 2.23. The number of carbonyl (C=O) groups is 1. The number of pyridine rings is 2. The molecule has 0 saturated heterocycles. The van der Waals surface area contributed by atoms with Crippen LogP contribution in [0.2, 0.25) is 0 Å². The minimum Gasteiger partial charge on any atom is -0.476 e. The third kappa shape index (κ3) is 6.00. The Bertz CT molecular complexity index is 730. The van der Waals surface area contributed by atoms with Gasteiger partial charge in [0.1, 0.15) is 12.4 Å². The molecule has 0 saturated carbocycles. The first-order valence-electron chi connectivity index (χ1n) is 8.48. The number of ether oxygens (including phenoxy) is 2. The second-order valence-electron chi connectivity index (χ2n) is 6.97. The molecule has 1 amide bonds. The van der Waals surface area contributed by atoms with Crippen molar-refractivity contribution in [3.8, 4) is 17.0 Å². The number of anilines is 1. The Morgan fingerprint density at radius 2 is 2.04 bits per heavy atom. The van der Waals surface area contributed by atoms with Crippen LogP contribution >= 0.6 is 0 Å². The van der Waals surface area contributed by atoms with Gasteiger partial charge in [-0.05, 0) is 43.0 Å². The molecular formula is C19H26N4O3. The van der Waals surface area contributed by atoms with E-state index >= 15 is 0 Å². The summed E-state index contributed by atoms with van der Waals surface area (Å²) in [6.07, 6.45) is 3.63. The number of aromatic nitrogens is 2. The number of nitrogens with one attached hydrogen (secondary N) is 1. The molecule has 0 aromatic carbocycles. The highest BCUT2D eigenvalue weighted by molar-refractivity contribution is 5.84. The Hall–Kier alpha value is -2.67. The summed E-state index contributed by atoms with van der Waals surface area (Å²) in [4.78, 5) is 19.7. The van der Waals surface area contributed by atoms with Crippen LogP contribution in [0, 0.1) is 5.92 Å². The van der Waals surface area contributed by atoms with E-state index in [0.717, 1.165) is 17.5 Å². The maximum Gasteiger partial charge on any atom is 0.412 e. The molecule has 0 aliphatic carbocycles. The molecule has 0 fully saturated rings. The molecule has 7 nitrogen and oxygen atoms in total.